The molecule has 3 aromatic rings. The van der Waals surface area contributed by atoms with Crippen LogP contribution < -0.4 is 4.68 Å². The SMILES string of the molecule is [C-]#[N+]c1cc2c[n+]3n(c2cc1[N+]#[C-])-c1c(C)cc(C)cc1C3. The zero-order chi connectivity index (χ0) is 15.4. The van der Waals surface area contributed by atoms with Gasteiger partial charge >= 0.3 is 0 Å². The number of benzene rings is 2. The van der Waals surface area contributed by atoms with E-state index in [4.69, 9.17) is 13.1 Å². The van der Waals surface area contributed by atoms with E-state index in [2.05, 4.69) is 51.2 Å². The van der Waals surface area contributed by atoms with Crippen LogP contribution in [-0.4, -0.2) is 4.68 Å². The van der Waals surface area contributed by atoms with Crippen molar-refractivity contribution in [3.05, 3.63) is 70.0 Å². The van der Waals surface area contributed by atoms with Crippen LogP contribution >= 0.6 is 0 Å². The Hall–Kier alpha value is -3.11. The number of fused-ring (bicyclic) bond motifs is 5. The van der Waals surface area contributed by atoms with Crippen LogP contribution in [0.5, 0.6) is 0 Å². The molecule has 0 spiro atoms. The van der Waals surface area contributed by atoms with Crippen molar-refractivity contribution in [2.75, 3.05) is 0 Å². The first-order valence-electron chi connectivity index (χ1n) is 7.07. The van der Waals surface area contributed by atoms with Gasteiger partial charge in [-0.1, -0.05) is 17.7 Å². The van der Waals surface area contributed by atoms with E-state index >= 15 is 0 Å². The van der Waals surface area contributed by atoms with E-state index in [1.807, 2.05) is 12.1 Å². The number of rotatable bonds is 0. The van der Waals surface area contributed by atoms with Gasteiger partial charge in [0, 0.05) is 5.56 Å². The standard InChI is InChI=1S/C18H13N4/c1-11-5-12(2)18-14(6-11)10-21-9-13-7-15(19-3)16(20-4)8-17(13)22(18)21/h5-9H,10H2,1-2H3/q+1. The van der Waals surface area contributed by atoms with E-state index in [1.165, 1.54) is 22.4 Å². The first kappa shape index (κ1) is 12.6. The zero-order valence-electron chi connectivity index (χ0n) is 12.4. The van der Waals surface area contributed by atoms with Crippen LogP contribution in [0.2, 0.25) is 0 Å². The minimum Gasteiger partial charge on any atom is -0.250 e. The molecule has 22 heavy (non-hydrogen) atoms. The predicted molar refractivity (Wildman–Crippen MR) is 84.6 cm³/mol. The van der Waals surface area contributed by atoms with E-state index in [9.17, 15) is 0 Å². The fraction of sp³-hybridized carbons (Fsp3) is 0.167. The first-order valence-corrected chi connectivity index (χ1v) is 7.07. The maximum atomic E-state index is 7.29. The third-order valence-electron chi connectivity index (χ3n) is 4.21. The van der Waals surface area contributed by atoms with Crippen LogP contribution in [0.15, 0.2) is 30.5 Å². The van der Waals surface area contributed by atoms with Gasteiger partial charge in [0.15, 0.2) is 17.9 Å². The number of hydrogen-bond donors (Lipinski definition) is 0. The third kappa shape index (κ3) is 1.52. The molecular formula is C18H13N4+. The van der Waals surface area contributed by atoms with Gasteiger partial charge in [-0.3, -0.25) is 9.69 Å². The van der Waals surface area contributed by atoms with Gasteiger partial charge in [-0.15, -0.1) is 9.36 Å². The molecule has 0 aliphatic carbocycles. The number of aryl methyl sites for hydroxylation is 2. The van der Waals surface area contributed by atoms with Crippen molar-refractivity contribution in [2.45, 2.75) is 20.4 Å². The topological polar surface area (TPSA) is 17.5 Å². The first-order chi connectivity index (χ1) is 10.6. The Morgan fingerprint density at radius 2 is 1.77 bits per heavy atom. The maximum Gasteiger partial charge on any atom is 0.202 e. The largest absolute Gasteiger partial charge is 0.250 e. The Morgan fingerprint density at radius 1 is 1.05 bits per heavy atom. The fourth-order valence-electron chi connectivity index (χ4n) is 3.42. The van der Waals surface area contributed by atoms with Gasteiger partial charge < -0.3 is 0 Å². The summed E-state index contributed by atoms with van der Waals surface area (Å²) in [5.74, 6) is 0. The summed E-state index contributed by atoms with van der Waals surface area (Å²) < 4.78 is 4.32. The smallest absolute Gasteiger partial charge is 0.202 e. The normalized spacial score (nSPS) is 11.8. The molecule has 4 heteroatoms. The second-order valence-corrected chi connectivity index (χ2v) is 5.75. The minimum absolute atomic E-state index is 0.419. The average Bonchev–Trinajstić information content (AvgIpc) is 3.00. The van der Waals surface area contributed by atoms with Gasteiger partial charge in [-0.05, 0) is 31.5 Å². The average molecular weight is 285 g/mol. The molecule has 4 rings (SSSR count). The Morgan fingerprint density at radius 3 is 2.50 bits per heavy atom. The predicted octanol–water partition coefficient (Wildman–Crippen LogP) is 4.00. The van der Waals surface area contributed by atoms with Crippen LogP contribution in [0.3, 0.4) is 0 Å². The lowest BCUT2D eigenvalue weighted by molar-refractivity contribution is -0.749. The molecular weight excluding hydrogens is 272 g/mol. The van der Waals surface area contributed by atoms with E-state index in [0.717, 1.165) is 17.4 Å². The molecule has 0 radical (unpaired) electrons. The van der Waals surface area contributed by atoms with Crippen molar-refractivity contribution in [3.8, 4) is 5.69 Å². The molecule has 2 aromatic carbocycles. The van der Waals surface area contributed by atoms with Crippen molar-refractivity contribution in [1.29, 1.82) is 0 Å². The van der Waals surface area contributed by atoms with Gasteiger partial charge in [0.05, 0.1) is 18.5 Å². The molecule has 1 aliphatic rings. The molecule has 0 bridgehead atoms. The highest BCUT2D eigenvalue weighted by molar-refractivity contribution is 5.91. The lowest BCUT2D eigenvalue weighted by Crippen LogP contribution is -2.36. The number of nitrogens with zero attached hydrogens (tertiary/aromatic N) is 4. The minimum atomic E-state index is 0.419. The molecule has 4 nitrogen and oxygen atoms in total. The molecule has 0 unspecified atom stereocenters. The summed E-state index contributed by atoms with van der Waals surface area (Å²) in [6.07, 6.45) is 2.06. The van der Waals surface area contributed by atoms with Crippen molar-refractivity contribution in [3.63, 3.8) is 0 Å². The summed E-state index contributed by atoms with van der Waals surface area (Å²) in [5.41, 5.74) is 6.84. The Kier molecular flexibility index (Phi) is 2.40. The zero-order valence-corrected chi connectivity index (χ0v) is 12.4. The molecule has 0 atom stereocenters. The third-order valence-corrected chi connectivity index (χ3v) is 4.21. The van der Waals surface area contributed by atoms with Crippen LogP contribution in [0.4, 0.5) is 11.4 Å². The highest BCUT2D eigenvalue weighted by atomic mass is 15.4. The van der Waals surface area contributed by atoms with Gasteiger partial charge in [0.2, 0.25) is 6.20 Å². The Bertz CT molecular complexity index is 1040. The van der Waals surface area contributed by atoms with Crippen LogP contribution in [0.1, 0.15) is 16.7 Å². The van der Waals surface area contributed by atoms with Gasteiger partial charge in [-0.25, -0.2) is 0 Å². The number of hydrogen-bond acceptors (Lipinski definition) is 0. The summed E-state index contributed by atoms with van der Waals surface area (Å²) in [7, 11) is 0. The molecule has 0 amide bonds. The fourth-order valence-corrected chi connectivity index (χ4v) is 3.42. The Balaban J connectivity index is 2.10. The maximum absolute atomic E-state index is 7.29. The number of aromatic nitrogens is 2. The molecule has 1 aliphatic heterocycles. The summed E-state index contributed by atoms with van der Waals surface area (Å²) in [4.78, 5) is 6.97. The van der Waals surface area contributed by atoms with Gasteiger partial charge in [-0.2, -0.15) is 0 Å². The van der Waals surface area contributed by atoms with Crippen LogP contribution in [-0.2, 0) is 6.54 Å². The quantitative estimate of drug-likeness (QED) is 0.343. The molecule has 2 heterocycles. The lowest BCUT2D eigenvalue weighted by atomic mass is 10.0. The highest BCUT2D eigenvalue weighted by Gasteiger charge is 2.30. The molecule has 1 aromatic heterocycles. The molecule has 0 saturated carbocycles. The summed E-state index contributed by atoms with van der Waals surface area (Å²) >= 11 is 0. The second-order valence-electron chi connectivity index (χ2n) is 5.75. The van der Waals surface area contributed by atoms with Crippen molar-refractivity contribution < 1.29 is 4.68 Å². The monoisotopic (exact) mass is 285 g/mol. The molecule has 104 valence electrons. The van der Waals surface area contributed by atoms with E-state index in [-0.39, 0.29) is 0 Å². The van der Waals surface area contributed by atoms with Gasteiger partial charge in [0.25, 0.3) is 0 Å². The van der Waals surface area contributed by atoms with E-state index < -0.39 is 0 Å². The molecule has 0 saturated heterocycles. The second kappa shape index (κ2) is 4.19. The Labute approximate surface area is 128 Å². The van der Waals surface area contributed by atoms with Crippen molar-refractivity contribution in [2.24, 2.45) is 0 Å². The van der Waals surface area contributed by atoms with Crippen molar-refractivity contribution >= 4 is 22.3 Å². The van der Waals surface area contributed by atoms with Gasteiger partial charge in [0.1, 0.15) is 11.2 Å². The summed E-state index contributed by atoms with van der Waals surface area (Å²) in [6, 6.07) is 8.05. The molecule has 0 N–H and O–H groups in total. The van der Waals surface area contributed by atoms with E-state index in [1.54, 1.807) is 0 Å². The molecule has 0 fully saturated rings. The lowest BCUT2D eigenvalue weighted by Gasteiger charge is -2.05. The van der Waals surface area contributed by atoms with Crippen LogP contribution in [0.25, 0.3) is 26.3 Å². The summed E-state index contributed by atoms with van der Waals surface area (Å²) in [6.45, 7) is 19.6. The highest BCUT2D eigenvalue weighted by Crippen LogP contribution is 2.36. The summed E-state index contributed by atoms with van der Waals surface area (Å²) in [5, 5.41) is 1.00. The van der Waals surface area contributed by atoms with E-state index in [0.29, 0.717) is 11.4 Å². The van der Waals surface area contributed by atoms with Crippen LogP contribution in [0, 0.1) is 27.0 Å². The van der Waals surface area contributed by atoms with Crippen molar-refractivity contribution in [1.82, 2.24) is 4.68 Å².